The first kappa shape index (κ1) is 13.8. The predicted octanol–water partition coefficient (Wildman–Crippen LogP) is 3.39. The van der Waals surface area contributed by atoms with E-state index in [1.54, 1.807) is 6.92 Å². The summed E-state index contributed by atoms with van der Waals surface area (Å²) in [7, 11) is 0. The summed E-state index contributed by atoms with van der Waals surface area (Å²) in [6.45, 7) is 5.02. The van der Waals surface area contributed by atoms with E-state index in [2.05, 4.69) is 29.2 Å². The minimum absolute atomic E-state index is 0.0983. The highest BCUT2D eigenvalue weighted by Crippen LogP contribution is 2.26. The lowest BCUT2D eigenvalue weighted by Crippen LogP contribution is -2.36. The Labute approximate surface area is 125 Å². The van der Waals surface area contributed by atoms with Gasteiger partial charge in [0, 0.05) is 24.3 Å². The second kappa shape index (κ2) is 6.10. The van der Waals surface area contributed by atoms with Crippen LogP contribution in [0.5, 0.6) is 0 Å². The van der Waals surface area contributed by atoms with Crippen LogP contribution < -0.4 is 4.90 Å². The molecule has 0 aliphatic carbocycles. The molecular weight excluding hydrogens is 262 g/mol. The largest absolute Gasteiger partial charge is 0.378 e. The van der Waals surface area contributed by atoms with Crippen molar-refractivity contribution < 1.29 is 9.53 Å². The molecule has 0 amide bonds. The van der Waals surface area contributed by atoms with Gasteiger partial charge in [-0.15, -0.1) is 0 Å². The number of carbonyl (C=O) groups excluding carboxylic acids is 1. The maximum absolute atomic E-state index is 11.5. The lowest BCUT2D eigenvalue weighted by molar-refractivity contribution is 0.101. The third-order valence-electron chi connectivity index (χ3n) is 3.82. The van der Waals surface area contributed by atoms with E-state index in [-0.39, 0.29) is 5.78 Å². The fraction of sp³-hybridized carbons (Fsp3) is 0.278. The number of carbonyl (C=O) groups is 1. The highest BCUT2D eigenvalue weighted by Gasteiger charge is 2.12. The Morgan fingerprint density at radius 2 is 1.67 bits per heavy atom. The number of hydrogen-bond acceptors (Lipinski definition) is 3. The number of hydrogen-bond donors (Lipinski definition) is 0. The molecule has 3 nitrogen and oxygen atoms in total. The number of benzene rings is 2. The number of ether oxygens (including phenoxy) is 1. The minimum atomic E-state index is 0.0983. The summed E-state index contributed by atoms with van der Waals surface area (Å²) in [5.41, 5.74) is 4.19. The van der Waals surface area contributed by atoms with Gasteiger partial charge in [-0.2, -0.15) is 0 Å². The number of morpholine rings is 1. The second-order valence-corrected chi connectivity index (χ2v) is 5.29. The molecule has 0 bridgehead atoms. The lowest BCUT2D eigenvalue weighted by Gasteiger charge is -2.29. The molecule has 0 spiro atoms. The standard InChI is InChI=1S/C18H19NO2/c1-14(20)15-4-2-5-16(12-15)17-6-3-7-18(13-17)19-8-10-21-11-9-19/h2-7,12-13H,8-11H2,1H3. The second-order valence-electron chi connectivity index (χ2n) is 5.29. The summed E-state index contributed by atoms with van der Waals surface area (Å²) >= 11 is 0. The Morgan fingerprint density at radius 1 is 1.00 bits per heavy atom. The van der Waals surface area contributed by atoms with Crippen LogP contribution in [0.3, 0.4) is 0 Å². The number of ketones is 1. The van der Waals surface area contributed by atoms with Crippen molar-refractivity contribution in [2.24, 2.45) is 0 Å². The normalized spacial score (nSPS) is 15.0. The predicted molar refractivity (Wildman–Crippen MR) is 84.9 cm³/mol. The highest BCUT2D eigenvalue weighted by molar-refractivity contribution is 5.95. The van der Waals surface area contributed by atoms with Gasteiger partial charge in [0.05, 0.1) is 13.2 Å². The third kappa shape index (κ3) is 3.14. The molecule has 0 atom stereocenters. The first-order valence-corrected chi connectivity index (χ1v) is 7.28. The first-order chi connectivity index (χ1) is 10.2. The van der Waals surface area contributed by atoms with Gasteiger partial charge in [-0.05, 0) is 36.2 Å². The molecule has 1 heterocycles. The van der Waals surface area contributed by atoms with E-state index >= 15 is 0 Å². The Bertz CT molecular complexity index is 645. The molecule has 3 heteroatoms. The van der Waals surface area contributed by atoms with E-state index in [0.29, 0.717) is 0 Å². The van der Waals surface area contributed by atoms with Gasteiger partial charge in [0.25, 0.3) is 0 Å². The summed E-state index contributed by atoms with van der Waals surface area (Å²) in [5, 5.41) is 0. The van der Waals surface area contributed by atoms with Crippen molar-refractivity contribution in [3.63, 3.8) is 0 Å². The van der Waals surface area contributed by atoms with Crippen molar-refractivity contribution in [1.82, 2.24) is 0 Å². The quantitative estimate of drug-likeness (QED) is 0.808. The minimum Gasteiger partial charge on any atom is -0.378 e. The van der Waals surface area contributed by atoms with E-state index in [1.165, 1.54) is 5.69 Å². The van der Waals surface area contributed by atoms with E-state index in [4.69, 9.17) is 4.74 Å². The molecule has 0 saturated carbocycles. The smallest absolute Gasteiger partial charge is 0.159 e. The Hall–Kier alpha value is -2.13. The summed E-state index contributed by atoms with van der Waals surface area (Å²) in [6.07, 6.45) is 0. The van der Waals surface area contributed by atoms with Gasteiger partial charge < -0.3 is 9.64 Å². The topological polar surface area (TPSA) is 29.5 Å². The zero-order chi connectivity index (χ0) is 14.7. The SMILES string of the molecule is CC(=O)c1cccc(-c2cccc(N3CCOCC3)c2)c1. The van der Waals surface area contributed by atoms with Gasteiger partial charge in [0.2, 0.25) is 0 Å². The van der Waals surface area contributed by atoms with Crippen LogP contribution in [0.4, 0.5) is 5.69 Å². The molecule has 108 valence electrons. The maximum Gasteiger partial charge on any atom is 0.159 e. The van der Waals surface area contributed by atoms with Crippen LogP contribution in [0.2, 0.25) is 0 Å². The van der Waals surface area contributed by atoms with Gasteiger partial charge >= 0.3 is 0 Å². The average molecular weight is 281 g/mol. The molecule has 1 aliphatic rings. The van der Waals surface area contributed by atoms with Crippen molar-refractivity contribution in [1.29, 1.82) is 0 Å². The molecule has 2 aromatic carbocycles. The summed E-state index contributed by atoms with van der Waals surface area (Å²) < 4.78 is 5.40. The van der Waals surface area contributed by atoms with Crippen molar-refractivity contribution in [3.05, 3.63) is 54.1 Å². The lowest BCUT2D eigenvalue weighted by atomic mass is 10.0. The van der Waals surface area contributed by atoms with Crippen LogP contribution >= 0.6 is 0 Å². The molecule has 2 aromatic rings. The van der Waals surface area contributed by atoms with E-state index in [1.807, 2.05) is 24.3 Å². The van der Waals surface area contributed by atoms with E-state index in [0.717, 1.165) is 43.0 Å². The van der Waals surface area contributed by atoms with Gasteiger partial charge in [0.15, 0.2) is 5.78 Å². The highest BCUT2D eigenvalue weighted by atomic mass is 16.5. The number of nitrogens with zero attached hydrogens (tertiary/aromatic N) is 1. The molecular formula is C18H19NO2. The fourth-order valence-electron chi connectivity index (χ4n) is 2.62. The molecule has 0 unspecified atom stereocenters. The van der Waals surface area contributed by atoms with Crippen molar-refractivity contribution in [3.8, 4) is 11.1 Å². The zero-order valence-electron chi connectivity index (χ0n) is 12.2. The van der Waals surface area contributed by atoms with Gasteiger partial charge in [-0.25, -0.2) is 0 Å². The Balaban J connectivity index is 1.92. The van der Waals surface area contributed by atoms with E-state index < -0.39 is 0 Å². The fourth-order valence-corrected chi connectivity index (χ4v) is 2.62. The van der Waals surface area contributed by atoms with Crippen molar-refractivity contribution in [2.45, 2.75) is 6.92 Å². The van der Waals surface area contributed by atoms with Gasteiger partial charge in [-0.3, -0.25) is 4.79 Å². The van der Waals surface area contributed by atoms with Crippen LogP contribution in [0.1, 0.15) is 17.3 Å². The number of Topliss-reactive ketones (excluding diaryl/α,β-unsaturated/α-hetero) is 1. The van der Waals surface area contributed by atoms with Crippen LogP contribution in [0, 0.1) is 0 Å². The molecule has 0 aromatic heterocycles. The molecule has 21 heavy (non-hydrogen) atoms. The van der Waals surface area contributed by atoms with Crippen molar-refractivity contribution >= 4 is 11.5 Å². The number of rotatable bonds is 3. The maximum atomic E-state index is 11.5. The summed E-state index contributed by atoms with van der Waals surface area (Å²) in [5.74, 6) is 0.0983. The van der Waals surface area contributed by atoms with Gasteiger partial charge in [-0.1, -0.05) is 30.3 Å². The first-order valence-electron chi connectivity index (χ1n) is 7.28. The van der Waals surface area contributed by atoms with E-state index in [9.17, 15) is 4.79 Å². The zero-order valence-corrected chi connectivity index (χ0v) is 12.2. The van der Waals surface area contributed by atoms with Crippen LogP contribution in [0.15, 0.2) is 48.5 Å². The molecule has 1 fully saturated rings. The average Bonchev–Trinajstić information content (AvgIpc) is 2.56. The monoisotopic (exact) mass is 281 g/mol. The van der Waals surface area contributed by atoms with Crippen LogP contribution in [0.25, 0.3) is 11.1 Å². The van der Waals surface area contributed by atoms with Gasteiger partial charge in [0.1, 0.15) is 0 Å². The van der Waals surface area contributed by atoms with Crippen molar-refractivity contribution in [2.75, 3.05) is 31.2 Å². The molecule has 3 rings (SSSR count). The molecule has 1 aliphatic heterocycles. The third-order valence-corrected chi connectivity index (χ3v) is 3.82. The van der Waals surface area contributed by atoms with Crippen LogP contribution in [-0.4, -0.2) is 32.1 Å². The number of anilines is 1. The summed E-state index contributed by atoms with van der Waals surface area (Å²) in [4.78, 5) is 13.9. The Morgan fingerprint density at radius 3 is 2.38 bits per heavy atom. The molecule has 0 N–H and O–H groups in total. The molecule has 1 saturated heterocycles. The van der Waals surface area contributed by atoms with Crippen LogP contribution in [-0.2, 0) is 4.74 Å². The Kier molecular flexibility index (Phi) is 4.02. The molecule has 0 radical (unpaired) electrons. The summed E-state index contributed by atoms with van der Waals surface area (Å²) in [6, 6.07) is 16.3.